The summed E-state index contributed by atoms with van der Waals surface area (Å²) >= 11 is 1.53. The fourth-order valence-corrected chi connectivity index (χ4v) is 5.36. The number of carbonyl (C=O) groups is 2. The van der Waals surface area contributed by atoms with Crippen LogP contribution in [0.15, 0.2) is 45.3 Å². The average molecular weight is 493 g/mol. The molecular weight excluding hydrogens is 468 g/mol. The van der Waals surface area contributed by atoms with Gasteiger partial charge in [0.1, 0.15) is 23.3 Å². The van der Waals surface area contributed by atoms with E-state index < -0.39 is 6.04 Å². The van der Waals surface area contributed by atoms with Crippen LogP contribution in [0.1, 0.15) is 27.6 Å². The number of aryl methyl sites for hydroxylation is 3. The minimum atomic E-state index is -0.626. The molecule has 4 aromatic rings. The lowest BCUT2D eigenvalue weighted by Gasteiger charge is -2.23. The number of hydrogen-bond acceptors (Lipinski definition) is 8. The maximum atomic E-state index is 13.8. The molecule has 180 valence electrons. The quantitative estimate of drug-likeness (QED) is 0.431. The zero-order chi connectivity index (χ0) is 24.7. The molecule has 1 fully saturated rings. The van der Waals surface area contributed by atoms with Gasteiger partial charge in [-0.3, -0.25) is 9.59 Å². The molecule has 10 heteroatoms. The van der Waals surface area contributed by atoms with Crippen LogP contribution in [0, 0.1) is 20.8 Å². The topological polar surface area (TPSA) is 111 Å². The summed E-state index contributed by atoms with van der Waals surface area (Å²) in [6, 6.07) is 10.0. The molecule has 35 heavy (non-hydrogen) atoms. The molecule has 0 bridgehead atoms. The third kappa shape index (κ3) is 4.25. The van der Waals surface area contributed by atoms with Crippen LogP contribution in [0.3, 0.4) is 0 Å². The van der Waals surface area contributed by atoms with E-state index in [0.29, 0.717) is 51.2 Å². The summed E-state index contributed by atoms with van der Waals surface area (Å²) in [7, 11) is 1.58. The maximum Gasteiger partial charge on any atom is 0.259 e. The van der Waals surface area contributed by atoms with Gasteiger partial charge in [0.2, 0.25) is 5.91 Å². The second-order valence-electron chi connectivity index (χ2n) is 8.34. The molecule has 5 rings (SSSR count). The molecule has 9 nitrogen and oxygen atoms in total. The maximum absolute atomic E-state index is 13.8. The second-order valence-corrected chi connectivity index (χ2v) is 9.34. The first-order valence-corrected chi connectivity index (χ1v) is 12.2. The van der Waals surface area contributed by atoms with E-state index >= 15 is 0 Å². The summed E-state index contributed by atoms with van der Waals surface area (Å²) in [6.45, 7) is 5.47. The lowest BCUT2D eigenvalue weighted by Crippen LogP contribution is -2.44. The van der Waals surface area contributed by atoms with E-state index in [1.54, 1.807) is 49.3 Å². The normalized spacial score (nSPS) is 15.5. The van der Waals surface area contributed by atoms with E-state index in [-0.39, 0.29) is 17.5 Å². The van der Waals surface area contributed by atoms with Crippen LogP contribution in [0.5, 0.6) is 5.75 Å². The molecule has 2 amide bonds. The van der Waals surface area contributed by atoms with Crippen LogP contribution >= 0.6 is 11.8 Å². The predicted octanol–water partition coefficient (Wildman–Crippen LogP) is 4.57. The minimum Gasteiger partial charge on any atom is -0.497 e. The molecular formula is C25H24N4O5S. The molecule has 0 radical (unpaired) electrons. The highest BCUT2D eigenvalue weighted by Crippen LogP contribution is 2.33. The largest absolute Gasteiger partial charge is 0.497 e. The summed E-state index contributed by atoms with van der Waals surface area (Å²) in [6.07, 6.45) is 0. The van der Waals surface area contributed by atoms with Gasteiger partial charge in [0, 0.05) is 17.0 Å². The van der Waals surface area contributed by atoms with Crippen LogP contribution in [-0.4, -0.2) is 51.6 Å². The van der Waals surface area contributed by atoms with Crippen molar-refractivity contribution >= 4 is 40.4 Å². The van der Waals surface area contributed by atoms with Crippen molar-refractivity contribution in [3.05, 3.63) is 59.2 Å². The van der Waals surface area contributed by atoms with Gasteiger partial charge < -0.3 is 23.9 Å². The molecule has 4 heterocycles. The van der Waals surface area contributed by atoms with Crippen LogP contribution < -0.4 is 10.1 Å². The Bertz CT molecular complexity index is 1430. The molecule has 3 aromatic heterocycles. The summed E-state index contributed by atoms with van der Waals surface area (Å²) in [5, 5.41) is 7.47. The Morgan fingerprint density at radius 3 is 2.63 bits per heavy atom. The number of amides is 2. The molecule has 1 saturated heterocycles. The van der Waals surface area contributed by atoms with Crippen molar-refractivity contribution in [2.45, 2.75) is 26.8 Å². The number of hydrogen-bond donors (Lipinski definition) is 1. The number of anilines is 1. The molecule has 1 aliphatic heterocycles. The van der Waals surface area contributed by atoms with Gasteiger partial charge in [-0.2, -0.15) is 0 Å². The van der Waals surface area contributed by atoms with Gasteiger partial charge >= 0.3 is 0 Å². The number of benzene rings is 1. The fraction of sp³-hybridized carbons (Fsp3) is 0.280. The zero-order valence-corrected chi connectivity index (χ0v) is 20.6. The summed E-state index contributed by atoms with van der Waals surface area (Å²) < 4.78 is 16.3. The number of pyridine rings is 1. The molecule has 1 aromatic carbocycles. The molecule has 1 N–H and O–H groups in total. The zero-order valence-electron chi connectivity index (χ0n) is 19.7. The van der Waals surface area contributed by atoms with Crippen molar-refractivity contribution in [3.8, 4) is 17.0 Å². The monoisotopic (exact) mass is 492 g/mol. The molecule has 1 aliphatic rings. The first kappa shape index (κ1) is 23.0. The van der Waals surface area contributed by atoms with Crippen LogP contribution in [0.2, 0.25) is 0 Å². The standard InChI is InChI=1S/C25H24N4O5S/c1-13-9-18(15(3)33-13)20-10-19(22-14(2)28-34-24(22)27-20)25(31)29-12-35-11-21(29)23(30)26-16-5-7-17(32-4)8-6-16/h5-10,21H,11-12H2,1-4H3,(H,26,30). The van der Waals surface area contributed by atoms with Gasteiger partial charge in [0.25, 0.3) is 11.6 Å². The van der Waals surface area contributed by atoms with Gasteiger partial charge in [-0.1, -0.05) is 5.16 Å². The predicted molar refractivity (Wildman–Crippen MR) is 133 cm³/mol. The number of nitrogens with one attached hydrogen (secondary N) is 1. The Hall–Kier alpha value is -3.79. The number of fused-ring (bicyclic) bond motifs is 1. The van der Waals surface area contributed by atoms with Crippen molar-refractivity contribution in [1.82, 2.24) is 15.0 Å². The fourth-order valence-electron chi connectivity index (χ4n) is 4.20. The van der Waals surface area contributed by atoms with Gasteiger partial charge in [-0.25, -0.2) is 4.98 Å². The van der Waals surface area contributed by atoms with E-state index in [1.165, 1.54) is 11.8 Å². The van der Waals surface area contributed by atoms with Crippen molar-refractivity contribution in [2.24, 2.45) is 0 Å². The lowest BCUT2D eigenvalue weighted by atomic mass is 10.0. The Morgan fingerprint density at radius 1 is 1.17 bits per heavy atom. The third-order valence-electron chi connectivity index (χ3n) is 5.97. The van der Waals surface area contributed by atoms with Crippen molar-refractivity contribution in [3.63, 3.8) is 0 Å². The van der Waals surface area contributed by atoms with E-state index in [1.807, 2.05) is 19.9 Å². The van der Waals surface area contributed by atoms with Crippen LogP contribution in [-0.2, 0) is 4.79 Å². The number of furan rings is 1. The molecule has 0 saturated carbocycles. The first-order chi connectivity index (χ1) is 16.9. The van der Waals surface area contributed by atoms with Crippen LogP contribution in [0.4, 0.5) is 5.69 Å². The van der Waals surface area contributed by atoms with E-state index in [9.17, 15) is 9.59 Å². The number of nitrogens with zero attached hydrogens (tertiary/aromatic N) is 3. The van der Waals surface area contributed by atoms with Crippen molar-refractivity contribution in [2.75, 3.05) is 24.1 Å². The highest BCUT2D eigenvalue weighted by Gasteiger charge is 2.36. The van der Waals surface area contributed by atoms with Crippen molar-refractivity contribution < 1.29 is 23.3 Å². The highest BCUT2D eigenvalue weighted by molar-refractivity contribution is 7.99. The number of methoxy groups -OCH3 is 1. The van der Waals surface area contributed by atoms with E-state index in [0.717, 1.165) is 11.3 Å². The third-order valence-corrected chi connectivity index (χ3v) is 6.98. The summed E-state index contributed by atoms with van der Waals surface area (Å²) in [5.41, 5.74) is 3.19. The average Bonchev–Trinajstić information content (AvgIpc) is 3.57. The minimum absolute atomic E-state index is 0.248. The molecule has 1 atom stereocenters. The number of ether oxygens (including phenoxy) is 1. The smallest absolute Gasteiger partial charge is 0.259 e. The molecule has 0 aliphatic carbocycles. The second kappa shape index (κ2) is 9.10. The Morgan fingerprint density at radius 2 is 1.94 bits per heavy atom. The molecule has 1 unspecified atom stereocenters. The Kier molecular flexibility index (Phi) is 5.98. The molecule has 0 spiro atoms. The van der Waals surface area contributed by atoms with Gasteiger partial charge in [-0.05, 0) is 57.2 Å². The Labute approximate surface area is 205 Å². The summed E-state index contributed by atoms with van der Waals surface area (Å²) in [4.78, 5) is 33.1. The van der Waals surface area contributed by atoms with Crippen molar-refractivity contribution in [1.29, 1.82) is 0 Å². The number of rotatable bonds is 5. The van der Waals surface area contributed by atoms with Gasteiger partial charge in [-0.15, -0.1) is 11.8 Å². The highest BCUT2D eigenvalue weighted by atomic mass is 32.2. The van der Waals surface area contributed by atoms with Crippen LogP contribution in [0.25, 0.3) is 22.4 Å². The number of thioether (sulfide) groups is 1. The lowest BCUT2D eigenvalue weighted by molar-refractivity contribution is -0.119. The first-order valence-electron chi connectivity index (χ1n) is 11.0. The van der Waals surface area contributed by atoms with E-state index in [4.69, 9.17) is 13.7 Å². The SMILES string of the molecule is COc1ccc(NC(=O)C2CSCN2C(=O)c2cc(-c3cc(C)oc3C)nc3onc(C)c23)cc1. The number of aromatic nitrogens is 2. The summed E-state index contributed by atoms with van der Waals surface area (Å²) in [5.74, 6) is 2.50. The van der Waals surface area contributed by atoms with E-state index in [2.05, 4.69) is 15.5 Å². The Balaban J connectivity index is 1.48. The number of carbonyl (C=O) groups excluding carboxylic acids is 2. The van der Waals surface area contributed by atoms with Gasteiger partial charge in [0.15, 0.2) is 0 Å². The van der Waals surface area contributed by atoms with Gasteiger partial charge in [0.05, 0.1) is 35.3 Å².